The van der Waals surface area contributed by atoms with Crippen molar-refractivity contribution >= 4 is 23.4 Å². The second kappa shape index (κ2) is 6.85. The highest BCUT2D eigenvalue weighted by Crippen LogP contribution is 2.43. The number of amides is 1. The molecule has 2 aromatic rings. The second-order valence-corrected chi connectivity index (χ2v) is 7.16. The van der Waals surface area contributed by atoms with Gasteiger partial charge in [-0.2, -0.15) is 5.26 Å². The predicted octanol–water partition coefficient (Wildman–Crippen LogP) is 4.05. The number of nitrogens with zero attached hydrogens (tertiary/aromatic N) is 3. The second-order valence-electron chi connectivity index (χ2n) is 6.23. The van der Waals surface area contributed by atoms with Crippen LogP contribution in [0.2, 0.25) is 0 Å². The molecule has 0 saturated carbocycles. The molecule has 26 heavy (non-hydrogen) atoms. The molecule has 0 bridgehead atoms. The molecule has 1 amide bonds. The molecule has 2 aromatic carbocycles. The van der Waals surface area contributed by atoms with Crippen molar-refractivity contribution in [2.45, 2.75) is 12.3 Å². The fraction of sp³-hybridized carbons (Fsp3) is 0.200. The van der Waals surface area contributed by atoms with Gasteiger partial charge in [0.25, 0.3) is 0 Å². The fourth-order valence-corrected chi connectivity index (χ4v) is 4.55. The molecule has 1 saturated heterocycles. The Hall–Kier alpha value is -2.78. The number of anilines is 1. The van der Waals surface area contributed by atoms with Crippen molar-refractivity contribution in [1.82, 2.24) is 4.90 Å². The number of benzene rings is 2. The Morgan fingerprint density at radius 1 is 1.12 bits per heavy atom. The Kier molecular flexibility index (Phi) is 4.39. The molecule has 1 atom stereocenters. The summed E-state index contributed by atoms with van der Waals surface area (Å²) in [5.41, 5.74) is 2.06. The lowest BCUT2D eigenvalue weighted by Crippen LogP contribution is -2.47. The van der Waals surface area contributed by atoms with Crippen LogP contribution in [0.1, 0.15) is 17.9 Å². The molecule has 1 unspecified atom stereocenters. The van der Waals surface area contributed by atoms with Crippen molar-refractivity contribution < 1.29 is 9.18 Å². The van der Waals surface area contributed by atoms with Gasteiger partial charge in [0.05, 0.1) is 34.9 Å². The fourth-order valence-electron chi connectivity index (χ4n) is 3.39. The highest BCUT2D eigenvalue weighted by atomic mass is 32.2. The average Bonchev–Trinajstić information content (AvgIpc) is 2.69. The van der Waals surface area contributed by atoms with E-state index >= 15 is 0 Å². The smallest absolute Gasteiger partial charge is 0.229 e. The number of hydrogen-bond acceptors (Lipinski definition) is 4. The molecule has 1 fully saturated rings. The molecule has 0 aliphatic carbocycles. The number of hydrogen-bond donors (Lipinski definition) is 0. The van der Waals surface area contributed by atoms with Gasteiger partial charge in [0.15, 0.2) is 0 Å². The zero-order valence-electron chi connectivity index (χ0n) is 13.9. The molecule has 4 rings (SSSR count). The van der Waals surface area contributed by atoms with Crippen LogP contribution in [-0.2, 0) is 4.79 Å². The minimum atomic E-state index is -0.312. The summed E-state index contributed by atoms with van der Waals surface area (Å²) >= 11 is 1.42. The molecular formula is C20H16FN3OS. The number of nitriles is 1. The van der Waals surface area contributed by atoms with Crippen molar-refractivity contribution in [3.63, 3.8) is 0 Å². The van der Waals surface area contributed by atoms with Gasteiger partial charge in [-0.25, -0.2) is 4.39 Å². The van der Waals surface area contributed by atoms with Crippen LogP contribution in [0.5, 0.6) is 0 Å². The van der Waals surface area contributed by atoms with Gasteiger partial charge in [-0.05, 0) is 17.7 Å². The summed E-state index contributed by atoms with van der Waals surface area (Å²) in [5, 5.41) is 10.4. The summed E-state index contributed by atoms with van der Waals surface area (Å²) in [5.74, 6) is -0.0753. The molecule has 4 nitrogen and oxygen atoms in total. The van der Waals surface area contributed by atoms with E-state index in [0.717, 1.165) is 5.56 Å². The van der Waals surface area contributed by atoms with Crippen molar-refractivity contribution in [2.24, 2.45) is 0 Å². The average molecular weight is 365 g/mol. The number of thioether (sulfide) groups is 1. The largest absolute Gasteiger partial charge is 0.341 e. The first-order valence-electron chi connectivity index (χ1n) is 8.31. The van der Waals surface area contributed by atoms with E-state index in [9.17, 15) is 14.4 Å². The van der Waals surface area contributed by atoms with E-state index in [1.54, 1.807) is 23.1 Å². The zero-order chi connectivity index (χ0) is 18.1. The van der Waals surface area contributed by atoms with Gasteiger partial charge in [-0.15, -0.1) is 0 Å². The number of allylic oxidation sites excluding steroid dienone is 1. The van der Waals surface area contributed by atoms with E-state index in [1.165, 1.54) is 17.8 Å². The minimum absolute atomic E-state index is 0.0404. The lowest BCUT2D eigenvalue weighted by molar-refractivity contribution is -0.129. The van der Waals surface area contributed by atoms with Gasteiger partial charge in [0, 0.05) is 12.3 Å². The van der Waals surface area contributed by atoms with Crippen molar-refractivity contribution in [2.75, 3.05) is 17.4 Å². The van der Waals surface area contributed by atoms with E-state index < -0.39 is 0 Å². The number of halogens is 1. The van der Waals surface area contributed by atoms with Crippen molar-refractivity contribution in [1.29, 1.82) is 5.26 Å². The Balaban J connectivity index is 1.68. The molecule has 2 aliphatic rings. The summed E-state index contributed by atoms with van der Waals surface area (Å²) in [7, 11) is 0. The summed E-state index contributed by atoms with van der Waals surface area (Å²) in [6.45, 7) is 0.259. The summed E-state index contributed by atoms with van der Waals surface area (Å²) in [6.07, 6.45) is 0.252. The maximum absolute atomic E-state index is 14.1. The molecule has 0 N–H and O–H groups in total. The van der Waals surface area contributed by atoms with Crippen LogP contribution in [-0.4, -0.2) is 23.4 Å². The number of rotatable bonds is 2. The zero-order valence-corrected chi connectivity index (χ0v) is 14.7. The van der Waals surface area contributed by atoms with Crippen LogP contribution in [0, 0.1) is 17.1 Å². The van der Waals surface area contributed by atoms with Crippen molar-refractivity contribution in [3.05, 3.63) is 76.6 Å². The monoisotopic (exact) mass is 365 g/mol. The molecule has 6 heteroatoms. The summed E-state index contributed by atoms with van der Waals surface area (Å²) in [6, 6.07) is 18.5. The lowest BCUT2D eigenvalue weighted by Gasteiger charge is -2.42. The standard InChI is InChI=1S/C20H16FN3OS/c21-17-8-4-5-9-18(17)23-12-24-19(25)10-15(14-6-2-1-3-7-14)16(11-22)20(24)26-13-23/h1-9,15H,10,12-13H2. The Morgan fingerprint density at radius 3 is 2.58 bits per heavy atom. The minimum Gasteiger partial charge on any atom is -0.341 e. The van der Waals surface area contributed by atoms with Crippen molar-refractivity contribution in [3.8, 4) is 6.07 Å². The maximum Gasteiger partial charge on any atom is 0.229 e. The highest BCUT2D eigenvalue weighted by Gasteiger charge is 2.38. The SMILES string of the molecule is N#CC1=C2SCN(c3ccccc3F)CN2C(=O)CC1c1ccccc1. The van der Waals surface area contributed by atoms with Gasteiger partial charge in [0.2, 0.25) is 5.91 Å². The maximum atomic E-state index is 14.1. The van der Waals surface area contributed by atoms with E-state index in [4.69, 9.17) is 0 Å². The molecule has 2 heterocycles. The third-order valence-corrected chi connectivity index (χ3v) is 5.84. The number of carbonyl (C=O) groups is 1. The normalized spacial score (nSPS) is 20.0. The van der Waals surface area contributed by atoms with E-state index in [1.807, 2.05) is 35.2 Å². The quantitative estimate of drug-likeness (QED) is 0.806. The molecule has 2 aliphatic heterocycles. The summed E-state index contributed by atoms with van der Waals surface area (Å²) < 4.78 is 14.1. The lowest BCUT2D eigenvalue weighted by atomic mass is 9.86. The molecular weight excluding hydrogens is 349 g/mol. The van der Waals surface area contributed by atoms with Gasteiger partial charge >= 0.3 is 0 Å². The van der Waals surface area contributed by atoms with Crippen LogP contribution < -0.4 is 4.90 Å². The molecule has 0 radical (unpaired) electrons. The van der Waals surface area contributed by atoms with Crippen LogP contribution in [0.15, 0.2) is 65.2 Å². The molecule has 0 spiro atoms. The first kappa shape index (κ1) is 16.7. The Bertz CT molecular complexity index is 922. The Morgan fingerprint density at radius 2 is 1.85 bits per heavy atom. The number of fused-ring (bicyclic) bond motifs is 1. The first-order valence-corrected chi connectivity index (χ1v) is 9.29. The molecule has 0 aromatic heterocycles. The van der Waals surface area contributed by atoms with Gasteiger partial charge in [-0.3, -0.25) is 9.69 Å². The number of para-hydroxylation sites is 1. The van der Waals surface area contributed by atoms with Crippen LogP contribution in [0.25, 0.3) is 0 Å². The Labute approximate surface area is 155 Å². The van der Waals surface area contributed by atoms with Crippen LogP contribution in [0.4, 0.5) is 10.1 Å². The summed E-state index contributed by atoms with van der Waals surface area (Å²) in [4.78, 5) is 16.2. The first-order chi connectivity index (χ1) is 12.7. The highest BCUT2D eigenvalue weighted by molar-refractivity contribution is 8.03. The third kappa shape index (κ3) is 2.85. The van der Waals surface area contributed by atoms with Gasteiger partial charge in [-0.1, -0.05) is 54.2 Å². The molecule has 130 valence electrons. The van der Waals surface area contributed by atoms with E-state index in [0.29, 0.717) is 22.2 Å². The third-order valence-electron chi connectivity index (χ3n) is 4.69. The number of carbonyl (C=O) groups excluding carboxylic acids is 1. The van der Waals surface area contributed by atoms with Gasteiger partial charge in [0.1, 0.15) is 5.82 Å². The topological polar surface area (TPSA) is 47.3 Å². The van der Waals surface area contributed by atoms with Gasteiger partial charge < -0.3 is 4.90 Å². The van der Waals surface area contributed by atoms with E-state index in [2.05, 4.69) is 6.07 Å². The van der Waals surface area contributed by atoms with Crippen LogP contribution in [0.3, 0.4) is 0 Å². The van der Waals surface area contributed by atoms with Crippen LogP contribution >= 0.6 is 11.8 Å². The predicted molar refractivity (Wildman–Crippen MR) is 99.5 cm³/mol. The van der Waals surface area contributed by atoms with E-state index in [-0.39, 0.29) is 30.7 Å².